The summed E-state index contributed by atoms with van der Waals surface area (Å²) in [6, 6.07) is 18.1. The maximum atomic E-state index is 11.9. The van der Waals surface area contributed by atoms with Gasteiger partial charge in [-0.3, -0.25) is 4.79 Å². The van der Waals surface area contributed by atoms with E-state index in [-0.39, 0.29) is 13.0 Å². The lowest BCUT2D eigenvalue weighted by molar-refractivity contribution is -0.142. The van der Waals surface area contributed by atoms with Crippen LogP contribution in [-0.2, 0) is 10.2 Å². The molecular formula is C16H16O3. The molecule has 0 saturated carbocycles. The fraction of sp³-hybridized carbons (Fsp3) is 0.188. The van der Waals surface area contributed by atoms with E-state index in [1.807, 2.05) is 36.4 Å². The van der Waals surface area contributed by atoms with E-state index in [1.165, 1.54) is 0 Å². The molecule has 0 amide bonds. The Bertz CT molecular complexity index is 495. The van der Waals surface area contributed by atoms with Crippen molar-refractivity contribution in [2.75, 3.05) is 6.61 Å². The third-order valence-corrected chi connectivity index (χ3v) is 3.39. The van der Waals surface area contributed by atoms with Gasteiger partial charge >= 0.3 is 5.97 Å². The van der Waals surface area contributed by atoms with Gasteiger partial charge in [-0.15, -0.1) is 0 Å². The molecule has 0 unspecified atom stereocenters. The van der Waals surface area contributed by atoms with Crippen LogP contribution in [0.15, 0.2) is 60.7 Å². The normalized spacial score (nSPS) is 11.2. The number of aliphatic hydroxyl groups is 1. The van der Waals surface area contributed by atoms with Gasteiger partial charge in [-0.1, -0.05) is 60.7 Å². The second kappa shape index (κ2) is 5.67. The Hall–Kier alpha value is -2.13. The zero-order chi connectivity index (χ0) is 13.7. The van der Waals surface area contributed by atoms with E-state index in [9.17, 15) is 15.0 Å². The van der Waals surface area contributed by atoms with E-state index < -0.39 is 11.4 Å². The molecule has 3 heteroatoms. The molecule has 0 spiro atoms. The lowest BCUT2D eigenvalue weighted by Gasteiger charge is -2.30. The minimum Gasteiger partial charge on any atom is -0.480 e. The smallest absolute Gasteiger partial charge is 0.318 e. The zero-order valence-corrected chi connectivity index (χ0v) is 10.5. The van der Waals surface area contributed by atoms with Gasteiger partial charge in [-0.2, -0.15) is 0 Å². The quantitative estimate of drug-likeness (QED) is 0.863. The molecular weight excluding hydrogens is 240 g/mol. The standard InChI is InChI=1S/C16H16O3/c17-12-11-16(15(18)19,13-7-3-1-4-8-13)14-9-5-2-6-10-14/h1-10,17H,11-12H2,(H,18,19). The number of rotatable bonds is 5. The number of hydrogen-bond acceptors (Lipinski definition) is 2. The SMILES string of the molecule is O=C(O)C(CCO)(c1ccccc1)c1ccccc1. The van der Waals surface area contributed by atoms with Crippen LogP contribution in [0.1, 0.15) is 17.5 Å². The molecule has 2 aromatic carbocycles. The topological polar surface area (TPSA) is 57.5 Å². The molecule has 3 nitrogen and oxygen atoms in total. The molecule has 0 saturated heterocycles. The zero-order valence-electron chi connectivity index (χ0n) is 10.5. The van der Waals surface area contributed by atoms with Crippen LogP contribution in [0.25, 0.3) is 0 Å². The summed E-state index contributed by atoms with van der Waals surface area (Å²) >= 11 is 0. The van der Waals surface area contributed by atoms with Crippen molar-refractivity contribution in [2.45, 2.75) is 11.8 Å². The average Bonchev–Trinajstić information content (AvgIpc) is 2.46. The first-order valence-electron chi connectivity index (χ1n) is 6.17. The summed E-state index contributed by atoms with van der Waals surface area (Å²) in [4.78, 5) is 11.9. The van der Waals surface area contributed by atoms with Crippen molar-refractivity contribution in [3.05, 3.63) is 71.8 Å². The van der Waals surface area contributed by atoms with E-state index in [2.05, 4.69) is 0 Å². The fourth-order valence-electron chi connectivity index (χ4n) is 2.42. The maximum absolute atomic E-state index is 11.9. The minimum atomic E-state index is -1.20. The van der Waals surface area contributed by atoms with E-state index in [0.717, 1.165) is 0 Å². The molecule has 2 N–H and O–H groups in total. The molecule has 2 aromatic rings. The maximum Gasteiger partial charge on any atom is 0.318 e. The molecule has 0 aromatic heterocycles. The van der Waals surface area contributed by atoms with Gasteiger partial charge in [-0.05, 0) is 17.5 Å². The summed E-state index contributed by atoms with van der Waals surface area (Å²) in [6.07, 6.45) is 0.149. The highest BCUT2D eigenvalue weighted by atomic mass is 16.4. The van der Waals surface area contributed by atoms with Crippen molar-refractivity contribution in [2.24, 2.45) is 0 Å². The summed E-state index contributed by atoms with van der Waals surface area (Å²) in [5.74, 6) is -0.945. The molecule has 0 fully saturated rings. The number of hydrogen-bond donors (Lipinski definition) is 2. The molecule has 0 atom stereocenters. The Morgan fingerprint density at radius 2 is 1.32 bits per heavy atom. The van der Waals surface area contributed by atoms with Crippen molar-refractivity contribution in [3.8, 4) is 0 Å². The van der Waals surface area contributed by atoms with Crippen LogP contribution in [0.3, 0.4) is 0 Å². The molecule has 98 valence electrons. The molecule has 2 rings (SSSR count). The molecule has 0 aliphatic rings. The Labute approximate surface area is 112 Å². The highest BCUT2D eigenvalue weighted by Gasteiger charge is 2.41. The Kier molecular flexibility index (Phi) is 3.97. The van der Waals surface area contributed by atoms with Gasteiger partial charge in [0.15, 0.2) is 0 Å². The van der Waals surface area contributed by atoms with E-state index in [0.29, 0.717) is 11.1 Å². The van der Waals surface area contributed by atoms with Crippen LogP contribution in [0, 0.1) is 0 Å². The van der Waals surface area contributed by atoms with Gasteiger partial charge in [0, 0.05) is 6.61 Å². The van der Waals surface area contributed by atoms with Crippen LogP contribution in [0.5, 0.6) is 0 Å². The second-order valence-electron chi connectivity index (χ2n) is 4.42. The van der Waals surface area contributed by atoms with Gasteiger partial charge in [0.05, 0.1) is 0 Å². The van der Waals surface area contributed by atoms with Crippen molar-refractivity contribution in [1.29, 1.82) is 0 Å². The van der Waals surface area contributed by atoms with E-state index in [4.69, 9.17) is 0 Å². The summed E-state index contributed by atoms with van der Waals surface area (Å²) in [5, 5.41) is 19.1. The Balaban J connectivity index is 2.65. The van der Waals surface area contributed by atoms with Crippen LogP contribution in [0.4, 0.5) is 0 Å². The van der Waals surface area contributed by atoms with Crippen molar-refractivity contribution >= 4 is 5.97 Å². The van der Waals surface area contributed by atoms with Gasteiger partial charge in [0.1, 0.15) is 5.41 Å². The number of carbonyl (C=O) groups is 1. The second-order valence-corrected chi connectivity index (χ2v) is 4.42. The fourth-order valence-corrected chi connectivity index (χ4v) is 2.42. The lowest BCUT2D eigenvalue weighted by atomic mass is 9.72. The highest BCUT2D eigenvalue weighted by molar-refractivity contribution is 5.86. The summed E-state index contributed by atoms with van der Waals surface area (Å²) in [6.45, 7) is -0.184. The number of aliphatic carboxylic acids is 1. The molecule has 19 heavy (non-hydrogen) atoms. The highest BCUT2D eigenvalue weighted by Crippen LogP contribution is 2.35. The molecule has 0 aliphatic heterocycles. The van der Waals surface area contributed by atoms with E-state index >= 15 is 0 Å². The Morgan fingerprint density at radius 3 is 1.63 bits per heavy atom. The monoisotopic (exact) mass is 256 g/mol. The number of aliphatic hydroxyl groups excluding tert-OH is 1. The summed E-state index contributed by atoms with van der Waals surface area (Å²) in [5.41, 5.74) is 0.169. The average molecular weight is 256 g/mol. The van der Waals surface area contributed by atoms with Crippen LogP contribution >= 0.6 is 0 Å². The van der Waals surface area contributed by atoms with Crippen molar-refractivity contribution in [1.82, 2.24) is 0 Å². The van der Waals surface area contributed by atoms with Crippen LogP contribution in [-0.4, -0.2) is 22.8 Å². The predicted octanol–water partition coefficient (Wildman–Crippen LogP) is 2.44. The first-order chi connectivity index (χ1) is 9.21. The van der Waals surface area contributed by atoms with Crippen molar-refractivity contribution in [3.63, 3.8) is 0 Å². The first kappa shape index (κ1) is 13.3. The van der Waals surface area contributed by atoms with Gasteiger partial charge in [0.2, 0.25) is 0 Å². The largest absolute Gasteiger partial charge is 0.480 e. The number of carboxylic acid groups (broad SMARTS) is 1. The minimum absolute atomic E-state index is 0.149. The number of benzene rings is 2. The summed E-state index contributed by atoms with van der Waals surface area (Å²) in [7, 11) is 0. The third kappa shape index (κ3) is 2.37. The molecule has 0 bridgehead atoms. The van der Waals surface area contributed by atoms with E-state index in [1.54, 1.807) is 24.3 Å². The van der Waals surface area contributed by atoms with Crippen molar-refractivity contribution < 1.29 is 15.0 Å². The van der Waals surface area contributed by atoms with Crippen LogP contribution in [0.2, 0.25) is 0 Å². The van der Waals surface area contributed by atoms with Crippen LogP contribution < -0.4 is 0 Å². The first-order valence-corrected chi connectivity index (χ1v) is 6.17. The predicted molar refractivity (Wildman–Crippen MR) is 73.0 cm³/mol. The molecule has 0 radical (unpaired) electrons. The lowest BCUT2D eigenvalue weighted by Crippen LogP contribution is -2.38. The third-order valence-electron chi connectivity index (χ3n) is 3.39. The van der Waals surface area contributed by atoms with Gasteiger partial charge in [0.25, 0.3) is 0 Å². The molecule has 0 aliphatic carbocycles. The van der Waals surface area contributed by atoms with Gasteiger partial charge in [-0.25, -0.2) is 0 Å². The Morgan fingerprint density at radius 1 is 0.895 bits per heavy atom. The molecule has 0 heterocycles. The summed E-state index contributed by atoms with van der Waals surface area (Å²) < 4.78 is 0. The number of carboxylic acids is 1. The van der Waals surface area contributed by atoms with Gasteiger partial charge < -0.3 is 10.2 Å².